The van der Waals surface area contributed by atoms with E-state index >= 15 is 0 Å². The molecular weight excluding hydrogens is 1220 g/mol. The first-order valence-corrected chi connectivity index (χ1v) is 35.4. The number of hydrogen-bond acceptors (Lipinski definition) is 3. The Hall–Kier alpha value is -12.3. The van der Waals surface area contributed by atoms with E-state index in [1.165, 1.54) is 122 Å². The average molecular weight is 1290 g/mol. The normalized spacial score (nSPS) is 13.2. The van der Waals surface area contributed by atoms with Crippen molar-refractivity contribution in [2.24, 2.45) is 0 Å². The van der Waals surface area contributed by atoms with E-state index in [1.54, 1.807) is 0 Å². The molecule has 0 aliphatic heterocycles. The molecule has 0 atom stereocenters. The van der Waals surface area contributed by atoms with Gasteiger partial charge in [-0.3, -0.25) is 0 Å². The molecule has 3 aliphatic rings. The van der Waals surface area contributed by atoms with Crippen LogP contribution in [0.15, 0.2) is 332 Å². The number of para-hydroxylation sites is 2. The second-order valence-electron chi connectivity index (χ2n) is 28.4. The third kappa shape index (κ3) is 9.26. The molecule has 16 aromatic rings. The van der Waals surface area contributed by atoms with Crippen molar-refractivity contribution in [1.29, 1.82) is 0 Å². The highest BCUT2D eigenvalue weighted by Gasteiger charge is 2.51. The Bertz CT molecular complexity index is 6000. The minimum atomic E-state index is -0.535. The Labute approximate surface area is 591 Å². The fourth-order valence-corrected chi connectivity index (χ4v) is 17.7. The summed E-state index contributed by atoms with van der Waals surface area (Å²) in [5.74, 6) is 0. The lowest BCUT2D eigenvalue weighted by atomic mass is 9.70. The lowest BCUT2D eigenvalue weighted by Crippen LogP contribution is -2.25. The zero-order valence-corrected chi connectivity index (χ0v) is 57.5. The fourth-order valence-electron chi connectivity index (χ4n) is 17.7. The summed E-state index contributed by atoms with van der Waals surface area (Å²) in [6, 6.07) is 123. The first-order chi connectivity index (χ1) is 49.5. The molecule has 19 rings (SSSR count). The third-order valence-corrected chi connectivity index (χ3v) is 22.5. The van der Waals surface area contributed by atoms with Crippen LogP contribution in [0.4, 0.5) is 34.1 Å². The highest BCUT2D eigenvalue weighted by molar-refractivity contribution is 6.10. The predicted octanol–water partition coefficient (Wildman–Crippen LogP) is 26.7. The van der Waals surface area contributed by atoms with Gasteiger partial charge in [-0.25, -0.2) is 0 Å². The number of hydrogen-bond donors (Lipinski definition) is 0. The number of rotatable bonds is 11. The van der Waals surface area contributed by atoms with Crippen LogP contribution in [0.5, 0.6) is 0 Å². The molecule has 0 radical (unpaired) electrons. The summed E-state index contributed by atoms with van der Waals surface area (Å²) in [6.45, 7) is 13.7. The number of aryl methyl sites for hydroxylation is 3. The van der Waals surface area contributed by atoms with E-state index in [-0.39, 0.29) is 5.41 Å². The van der Waals surface area contributed by atoms with Crippen LogP contribution < -0.4 is 9.80 Å². The first kappa shape index (κ1) is 59.9. The van der Waals surface area contributed by atoms with Gasteiger partial charge in [0.05, 0.1) is 5.41 Å². The maximum Gasteiger partial charge on any atom is 0.143 e. The second-order valence-corrected chi connectivity index (χ2v) is 28.4. The monoisotopic (exact) mass is 1290 g/mol. The van der Waals surface area contributed by atoms with Gasteiger partial charge < -0.3 is 14.2 Å². The molecule has 480 valence electrons. The average Bonchev–Trinajstić information content (AvgIpc) is 1.51. The van der Waals surface area contributed by atoms with Gasteiger partial charge >= 0.3 is 0 Å². The lowest BCUT2D eigenvalue weighted by molar-refractivity contribution is 0.660. The van der Waals surface area contributed by atoms with E-state index < -0.39 is 5.41 Å². The van der Waals surface area contributed by atoms with Crippen LogP contribution in [0.25, 0.3) is 111 Å². The van der Waals surface area contributed by atoms with E-state index in [9.17, 15) is 0 Å². The molecule has 0 fully saturated rings. The Morgan fingerprint density at radius 2 is 0.644 bits per heavy atom. The van der Waals surface area contributed by atoms with Crippen LogP contribution >= 0.6 is 0 Å². The van der Waals surface area contributed by atoms with Gasteiger partial charge in [0.1, 0.15) is 11.2 Å². The molecule has 0 bridgehead atoms. The third-order valence-electron chi connectivity index (χ3n) is 22.5. The van der Waals surface area contributed by atoms with Gasteiger partial charge in [-0.2, -0.15) is 0 Å². The van der Waals surface area contributed by atoms with Crippen LogP contribution in [0.1, 0.15) is 69.5 Å². The smallest absolute Gasteiger partial charge is 0.143 e. The zero-order chi connectivity index (χ0) is 67.8. The van der Waals surface area contributed by atoms with Crippen molar-refractivity contribution in [3.63, 3.8) is 0 Å². The number of furan rings is 1. The topological polar surface area (TPSA) is 19.6 Å². The van der Waals surface area contributed by atoms with Gasteiger partial charge in [-0.05, 0) is 246 Å². The molecule has 101 heavy (non-hydrogen) atoms. The summed E-state index contributed by atoms with van der Waals surface area (Å²) in [5, 5.41) is 2.23. The van der Waals surface area contributed by atoms with Crippen molar-refractivity contribution < 1.29 is 4.42 Å². The highest BCUT2D eigenvalue weighted by atomic mass is 16.3. The van der Waals surface area contributed by atoms with Gasteiger partial charge in [0, 0.05) is 55.9 Å². The quantitative estimate of drug-likeness (QED) is 0.129. The van der Waals surface area contributed by atoms with E-state index in [2.05, 4.69) is 373 Å². The molecule has 3 heteroatoms. The predicted molar refractivity (Wildman–Crippen MR) is 423 cm³/mol. The standard InChI is InChI=1S/C98H72N2O/c1-61-23-7-9-25-75(61)77-53-50-71(55-63(77)3)99(69-48-43-66(44-49-69)80-34-22-35-88-87-31-15-20-40-95(87)101-96(80)88)73-56-68(67-45-52-86-84-30-14-19-39-92(84)98(94(86)58-67)90-37-17-12-28-82(90)83-29-13-18-38-91(83)98)57-74(59-73)100(72-51-54-85-81-27-11-16-36-89(81)97(5,6)93(85)60-72)70-46-41-65(42-47-70)78-32-21-33-79(64(78)4)76-26-10-8-24-62(76)2/h7-60H,1-6H3. The molecule has 0 unspecified atom stereocenters. The number of anilines is 6. The SMILES string of the molecule is Cc1ccccc1-c1ccc(N(c2ccc(-c3cccc4c3oc3ccccc34)cc2)c2cc(-c3ccc4c(c3)C3(c5ccccc5-c5ccccc53)c3ccccc3-4)cc(N(c3ccc(-c4cccc(-c5ccccc5C)c4C)cc3)c3ccc4c(c3)C(C)(C)c3ccccc3-4)c2)cc1C. The Morgan fingerprint density at radius 3 is 1.25 bits per heavy atom. The summed E-state index contributed by atoms with van der Waals surface area (Å²) < 4.78 is 6.70. The molecule has 0 amide bonds. The molecule has 3 aliphatic carbocycles. The molecule has 1 heterocycles. The molecule has 1 spiro atoms. The molecule has 0 saturated carbocycles. The van der Waals surface area contributed by atoms with Crippen LogP contribution in [-0.2, 0) is 10.8 Å². The minimum absolute atomic E-state index is 0.249. The Morgan fingerprint density at radius 1 is 0.238 bits per heavy atom. The maximum absolute atomic E-state index is 6.70. The van der Waals surface area contributed by atoms with Crippen molar-refractivity contribution in [2.45, 2.75) is 52.4 Å². The Kier molecular flexibility index (Phi) is 13.7. The van der Waals surface area contributed by atoms with Crippen molar-refractivity contribution in [1.82, 2.24) is 0 Å². The Balaban J connectivity index is 0.858. The van der Waals surface area contributed by atoms with Gasteiger partial charge in [-0.1, -0.05) is 263 Å². The zero-order valence-electron chi connectivity index (χ0n) is 57.5. The molecule has 0 saturated heterocycles. The summed E-state index contributed by atoms with van der Waals surface area (Å²) in [5.41, 5.74) is 39.5. The van der Waals surface area contributed by atoms with Crippen LogP contribution in [-0.4, -0.2) is 0 Å². The van der Waals surface area contributed by atoms with E-state index in [0.717, 1.165) is 78.3 Å². The number of benzene rings is 15. The van der Waals surface area contributed by atoms with Gasteiger partial charge in [0.2, 0.25) is 0 Å². The molecular formula is C98H72N2O. The van der Waals surface area contributed by atoms with E-state index in [4.69, 9.17) is 4.42 Å². The molecule has 1 aromatic heterocycles. The molecule has 15 aromatic carbocycles. The van der Waals surface area contributed by atoms with Crippen LogP contribution in [0.2, 0.25) is 0 Å². The fraction of sp³-hybridized carbons (Fsp3) is 0.0816. The van der Waals surface area contributed by atoms with Crippen molar-refractivity contribution in [3.05, 3.63) is 383 Å². The summed E-state index contributed by atoms with van der Waals surface area (Å²) in [4.78, 5) is 5.00. The van der Waals surface area contributed by atoms with Crippen molar-refractivity contribution in [2.75, 3.05) is 9.80 Å². The van der Waals surface area contributed by atoms with E-state index in [1.807, 2.05) is 6.07 Å². The van der Waals surface area contributed by atoms with E-state index in [0.29, 0.717) is 0 Å². The summed E-state index contributed by atoms with van der Waals surface area (Å²) >= 11 is 0. The second kappa shape index (κ2) is 23.2. The number of nitrogens with zero attached hydrogens (tertiary/aromatic N) is 2. The minimum Gasteiger partial charge on any atom is -0.455 e. The first-order valence-electron chi connectivity index (χ1n) is 35.4. The van der Waals surface area contributed by atoms with Gasteiger partial charge in [0.15, 0.2) is 0 Å². The van der Waals surface area contributed by atoms with Gasteiger partial charge in [-0.15, -0.1) is 0 Å². The largest absolute Gasteiger partial charge is 0.455 e. The summed E-state index contributed by atoms with van der Waals surface area (Å²) in [7, 11) is 0. The van der Waals surface area contributed by atoms with Crippen molar-refractivity contribution >= 4 is 56.1 Å². The van der Waals surface area contributed by atoms with Gasteiger partial charge in [0.25, 0.3) is 0 Å². The van der Waals surface area contributed by atoms with Crippen molar-refractivity contribution in [3.8, 4) is 89.0 Å². The lowest BCUT2D eigenvalue weighted by Gasteiger charge is -2.32. The summed E-state index contributed by atoms with van der Waals surface area (Å²) in [6.07, 6.45) is 0. The van der Waals surface area contributed by atoms with Crippen LogP contribution in [0, 0.1) is 27.7 Å². The van der Waals surface area contributed by atoms with Crippen LogP contribution in [0.3, 0.4) is 0 Å². The molecule has 3 nitrogen and oxygen atoms in total. The number of fused-ring (bicyclic) bond motifs is 16. The maximum atomic E-state index is 6.70. The molecule has 0 N–H and O–H groups in total. The highest BCUT2D eigenvalue weighted by Crippen LogP contribution is 2.63.